The van der Waals surface area contributed by atoms with Gasteiger partial charge in [-0.2, -0.15) is 5.26 Å². The lowest BCUT2D eigenvalue weighted by molar-refractivity contribution is 0.177. The first kappa shape index (κ1) is 21.0. The third kappa shape index (κ3) is 4.92. The van der Waals surface area contributed by atoms with Crippen LogP contribution in [0.1, 0.15) is 44.4 Å². The van der Waals surface area contributed by atoms with Gasteiger partial charge in [0.15, 0.2) is 8.32 Å². The summed E-state index contributed by atoms with van der Waals surface area (Å²) >= 11 is 0. The number of benzene rings is 1. The van der Waals surface area contributed by atoms with Gasteiger partial charge in [-0.05, 0) is 49.3 Å². The summed E-state index contributed by atoms with van der Waals surface area (Å²) in [6.45, 7) is 14.2. The lowest BCUT2D eigenvalue weighted by atomic mass is 10.0. The van der Waals surface area contributed by atoms with Crippen molar-refractivity contribution in [2.24, 2.45) is 0 Å². The van der Waals surface area contributed by atoms with Crippen LogP contribution in [0.4, 0.5) is 4.39 Å². The van der Waals surface area contributed by atoms with Gasteiger partial charge in [-0.3, -0.25) is 4.90 Å². The molecule has 26 heavy (non-hydrogen) atoms. The Bertz CT molecular complexity index is 666. The summed E-state index contributed by atoms with van der Waals surface area (Å²) in [5.74, 6) is -0.463. The van der Waals surface area contributed by atoms with E-state index in [4.69, 9.17) is 9.69 Å². The third-order valence-corrected chi connectivity index (χ3v) is 10.3. The van der Waals surface area contributed by atoms with E-state index >= 15 is 0 Å². The summed E-state index contributed by atoms with van der Waals surface area (Å²) in [7, 11) is 0.152. The molecule has 0 amide bonds. The highest BCUT2D eigenvalue weighted by molar-refractivity contribution is 6.74. The number of halogens is 1. The van der Waals surface area contributed by atoms with E-state index in [0.29, 0.717) is 0 Å². The van der Waals surface area contributed by atoms with Gasteiger partial charge >= 0.3 is 0 Å². The highest BCUT2D eigenvalue weighted by Gasteiger charge is 2.40. The number of nitriles is 1. The molecule has 1 aromatic carbocycles. The van der Waals surface area contributed by atoms with Crippen molar-refractivity contribution in [2.75, 3.05) is 26.7 Å². The number of nitrogens with one attached hydrogen (secondary N) is 1. The fourth-order valence-electron chi connectivity index (χ4n) is 3.12. The van der Waals surface area contributed by atoms with Crippen LogP contribution >= 0.6 is 0 Å². The quantitative estimate of drug-likeness (QED) is 0.760. The predicted octanol–water partition coefficient (Wildman–Crippen LogP) is 4.05. The topological polar surface area (TPSA) is 48.3 Å². The van der Waals surface area contributed by atoms with E-state index < -0.39 is 14.1 Å². The normalized spacial score (nSPS) is 20.2. The average Bonchev–Trinajstić information content (AvgIpc) is 2.98. The zero-order chi connectivity index (χ0) is 19.5. The van der Waals surface area contributed by atoms with E-state index in [1.54, 1.807) is 12.1 Å². The molecule has 2 rings (SSSR count). The zero-order valence-electron chi connectivity index (χ0n) is 16.9. The number of hydrogen-bond acceptors (Lipinski definition) is 4. The largest absolute Gasteiger partial charge is 0.413 e. The van der Waals surface area contributed by atoms with Gasteiger partial charge in [0, 0.05) is 25.7 Å². The van der Waals surface area contributed by atoms with Gasteiger partial charge in [0.1, 0.15) is 11.9 Å². The zero-order valence-corrected chi connectivity index (χ0v) is 17.9. The number of rotatable bonds is 6. The van der Waals surface area contributed by atoms with Crippen LogP contribution in [0.15, 0.2) is 18.2 Å². The monoisotopic (exact) mass is 377 g/mol. The SMILES string of the molecule is CN[C@H](CN1CC[C@H](O[Si](C)(C)C(C)(C)C)C1)c1ccc(F)c(C#N)c1. The molecule has 0 saturated carbocycles. The van der Waals surface area contributed by atoms with E-state index in [9.17, 15) is 4.39 Å². The average molecular weight is 378 g/mol. The van der Waals surface area contributed by atoms with Crippen molar-refractivity contribution in [1.29, 1.82) is 5.26 Å². The first-order chi connectivity index (χ1) is 12.1. The maximum atomic E-state index is 13.6. The summed E-state index contributed by atoms with van der Waals surface area (Å²) < 4.78 is 20.1. The molecule has 0 bridgehead atoms. The van der Waals surface area contributed by atoms with Crippen LogP contribution in [0, 0.1) is 17.1 Å². The Balaban J connectivity index is 1.99. The first-order valence-corrected chi connectivity index (χ1v) is 12.2. The molecule has 1 aliphatic rings. The Labute approximate surface area is 158 Å². The maximum Gasteiger partial charge on any atom is 0.192 e. The second-order valence-corrected chi connectivity index (χ2v) is 13.5. The van der Waals surface area contributed by atoms with Crippen molar-refractivity contribution in [3.8, 4) is 6.07 Å². The van der Waals surface area contributed by atoms with Crippen LogP contribution in [0.2, 0.25) is 18.1 Å². The predicted molar refractivity (Wildman–Crippen MR) is 106 cm³/mol. The van der Waals surface area contributed by atoms with Crippen LogP contribution in [0.3, 0.4) is 0 Å². The molecule has 0 radical (unpaired) electrons. The molecule has 1 saturated heterocycles. The molecular formula is C20H32FN3OSi. The molecule has 6 heteroatoms. The van der Waals surface area contributed by atoms with Crippen molar-refractivity contribution in [1.82, 2.24) is 10.2 Å². The van der Waals surface area contributed by atoms with Crippen LogP contribution < -0.4 is 5.32 Å². The van der Waals surface area contributed by atoms with E-state index in [0.717, 1.165) is 31.6 Å². The Kier molecular flexibility index (Phi) is 6.62. The van der Waals surface area contributed by atoms with Crippen LogP contribution in [-0.2, 0) is 4.43 Å². The minimum atomic E-state index is -1.75. The second-order valence-electron chi connectivity index (χ2n) is 8.74. The first-order valence-electron chi connectivity index (χ1n) is 9.34. The van der Waals surface area contributed by atoms with E-state index in [1.165, 1.54) is 6.07 Å². The third-order valence-electron chi connectivity index (χ3n) is 5.80. The van der Waals surface area contributed by atoms with Gasteiger partial charge in [-0.25, -0.2) is 4.39 Å². The summed E-state index contributed by atoms with van der Waals surface area (Å²) in [6.07, 6.45) is 1.34. The Hall–Kier alpha value is -1.26. The molecule has 0 unspecified atom stereocenters. The van der Waals surface area contributed by atoms with Crippen LogP contribution in [0.5, 0.6) is 0 Å². The molecule has 0 aromatic heterocycles. The van der Waals surface area contributed by atoms with Crippen LogP contribution in [0.25, 0.3) is 0 Å². The lowest BCUT2D eigenvalue weighted by Gasteiger charge is -2.38. The van der Waals surface area contributed by atoms with Crippen molar-refractivity contribution < 1.29 is 8.82 Å². The summed E-state index contributed by atoms with van der Waals surface area (Å²) in [5.41, 5.74) is 1.04. The Morgan fingerprint density at radius 1 is 1.42 bits per heavy atom. The fourth-order valence-corrected chi connectivity index (χ4v) is 4.50. The van der Waals surface area contributed by atoms with Crippen molar-refractivity contribution in [3.05, 3.63) is 35.1 Å². The summed E-state index contributed by atoms with van der Waals surface area (Å²) in [5, 5.41) is 12.6. The van der Waals surface area contributed by atoms with Gasteiger partial charge in [0.25, 0.3) is 0 Å². The minimum absolute atomic E-state index is 0.0642. The van der Waals surface area contributed by atoms with Gasteiger partial charge in [-0.15, -0.1) is 0 Å². The highest BCUT2D eigenvalue weighted by Crippen LogP contribution is 2.38. The fraction of sp³-hybridized carbons (Fsp3) is 0.650. The van der Waals surface area contributed by atoms with Crippen molar-refractivity contribution >= 4 is 8.32 Å². The second kappa shape index (κ2) is 8.18. The number of likely N-dealkylation sites (N-methyl/N-ethyl adjacent to an activating group) is 1. The number of hydrogen-bond donors (Lipinski definition) is 1. The maximum absolute atomic E-state index is 13.6. The smallest absolute Gasteiger partial charge is 0.192 e. The summed E-state index contributed by atoms with van der Waals surface area (Å²) in [4.78, 5) is 2.40. The van der Waals surface area contributed by atoms with Gasteiger partial charge in [0.2, 0.25) is 0 Å². The Morgan fingerprint density at radius 2 is 2.12 bits per heavy atom. The molecule has 1 aliphatic heterocycles. The minimum Gasteiger partial charge on any atom is -0.413 e. The van der Waals surface area contributed by atoms with Gasteiger partial charge < -0.3 is 9.74 Å². The molecule has 0 aliphatic carbocycles. The van der Waals surface area contributed by atoms with E-state index in [1.807, 2.05) is 13.1 Å². The number of likely N-dealkylation sites (tertiary alicyclic amines) is 1. The van der Waals surface area contributed by atoms with Gasteiger partial charge in [-0.1, -0.05) is 26.8 Å². The molecule has 1 heterocycles. The Morgan fingerprint density at radius 3 is 2.69 bits per heavy atom. The molecule has 2 atom stereocenters. The van der Waals surface area contributed by atoms with Crippen LogP contribution in [-0.4, -0.2) is 46.0 Å². The molecule has 0 spiro atoms. The van der Waals surface area contributed by atoms with Gasteiger partial charge in [0.05, 0.1) is 11.7 Å². The number of nitrogens with zero attached hydrogens (tertiary/aromatic N) is 2. The highest BCUT2D eigenvalue weighted by atomic mass is 28.4. The van der Waals surface area contributed by atoms with Crippen molar-refractivity contribution in [2.45, 2.75) is 57.5 Å². The molecule has 4 nitrogen and oxygen atoms in total. The molecule has 1 N–H and O–H groups in total. The molecule has 1 fully saturated rings. The van der Waals surface area contributed by atoms with E-state index in [-0.39, 0.29) is 22.7 Å². The van der Waals surface area contributed by atoms with E-state index in [2.05, 4.69) is 44.1 Å². The van der Waals surface area contributed by atoms with Crippen molar-refractivity contribution in [3.63, 3.8) is 0 Å². The standard InChI is InChI=1S/C20H32FN3OSi/c1-20(2,3)26(5,6)25-17-9-10-24(13-17)14-19(23-4)15-7-8-18(21)16(11-15)12-22/h7-8,11,17,19,23H,9-10,13-14H2,1-6H3/t17-,19+/m0/s1. The molecular weight excluding hydrogens is 345 g/mol. The molecule has 144 valence electrons. The summed E-state index contributed by atoms with van der Waals surface area (Å²) in [6, 6.07) is 6.78. The molecule has 1 aromatic rings. The lowest BCUT2D eigenvalue weighted by Crippen LogP contribution is -2.44.